The minimum atomic E-state index is -0.663. The molecule has 0 aromatic carbocycles. The molecule has 0 radical (unpaired) electrons. The number of carbonyl (C=O) groups is 2. The molecule has 0 aromatic rings. The molecular formula is C16H28N2O2. The van der Waals surface area contributed by atoms with Crippen LogP contribution in [0, 0.1) is 5.92 Å². The molecule has 2 fully saturated rings. The van der Waals surface area contributed by atoms with Crippen LogP contribution >= 0.6 is 0 Å². The second-order valence-electron chi connectivity index (χ2n) is 6.62. The molecular weight excluding hydrogens is 252 g/mol. The van der Waals surface area contributed by atoms with Crippen LogP contribution in [-0.4, -0.2) is 34.3 Å². The fraction of sp³-hybridized carbons (Fsp3) is 0.875. The predicted molar refractivity (Wildman–Crippen MR) is 79.2 cm³/mol. The van der Waals surface area contributed by atoms with Gasteiger partial charge in [-0.3, -0.25) is 9.59 Å². The van der Waals surface area contributed by atoms with Gasteiger partial charge in [-0.05, 0) is 45.4 Å². The summed E-state index contributed by atoms with van der Waals surface area (Å²) in [6.45, 7) is 8.18. The number of hydrogen-bond donors (Lipinski definition) is 1. The van der Waals surface area contributed by atoms with Crippen molar-refractivity contribution in [3.8, 4) is 0 Å². The third-order valence-electron chi connectivity index (χ3n) is 4.84. The van der Waals surface area contributed by atoms with Crippen molar-refractivity contribution in [3.05, 3.63) is 0 Å². The zero-order chi connectivity index (χ0) is 14.9. The Labute approximate surface area is 122 Å². The molecule has 0 bridgehead atoms. The summed E-state index contributed by atoms with van der Waals surface area (Å²) in [6, 6.07) is -0.131. The maximum absolute atomic E-state index is 13.0. The Kier molecular flexibility index (Phi) is 4.40. The number of amides is 2. The van der Waals surface area contributed by atoms with E-state index in [1.807, 2.05) is 11.8 Å². The van der Waals surface area contributed by atoms with Crippen molar-refractivity contribution in [1.82, 2.24) is 10.2 Å². The van der Waals surface area contributed by atoms with Gasteiger partial charge in [-0.2, -0.15) is 0 Å². The summed E-state index contributed by atoms with van der Waals surface area (Å²) in [5, 5.41) is 3.04. The van der Waals surface area contributed by atoms with Crippen LogP contribution in [0.25, 0.3) is 0 Å². The third kappa shape index (κ3) is 2.57. The first-order valence-corrected chi connectivity index (χ1v) is 8.10. The molecule has 3 atom stereocenters. The van der Waals surface area contributed by atoms with Crippen molar-refractivity contribution in [2.75, 3.05) is 0 Å². The first kappa shape index (κ1) is 15.3. The monoisotopic (exact) mass is 280 g/mol. The van der Waals surface area contributed by atoms with Gasteiger partial charge in [0.15, 0.2) is 0 Å². The van der Waals surface area contributed by atoms with E-state index in [-0.39, 0.29) is 23.9 Å². The van der Waals surface area contributed by atoms with E-state index in [1.165, 1.54) is 0 Å². The normalized spacial score (nSPS) is 32.2. The Hall–Kier alpha value is -1.06. The van der Waals surface area contributed by atoms with Crippen LogP contribution in [0.1, 0.15) is 66.2 Å². The average molecular weight is 280 g/mol. The van der Waals surface area contributed by atoms with E-state index in [4.69, 9.17) is 0 Å². The molecule has 1 heterocycles. The molecule has 1 N–H and O–H groups in total. The molecule has 1 saturated heterocycles. The number of rotatable bonds is 6. The summed E-state index contributed by atoms with van der Waals surface area (Å²) >= 11 is 0. The largest absolute Gasteiger partial charge is 0.340 e. The summed E-state index contributed by atoms with van der Waals surface area (Å²) in [4.78, 5) is 27.4. The van der Waals surface area contributed by atoms with E-state index in [0.29, 0.717) is 5.92 Å². The number of hydrogen-bond acceptors (Lipinski definition) is 2. The second kappa shape index (κ2) is 5.74. The van der Waals surface area contributed by atoms with Gasteiger partial charge in [0.25, 0.3) is 0 Å². The van der Waals surface area contributed by atoms with E-state index in [2.05, 4.69) is 26.1 Å². The van der Waals surface area contributed by atoms with Crippen molar-refractivity contribution in [2.45, 2.75) is 83.8 Å². The van der Waals surface area contributed by atoms with Crippen LogP contribution in [-0.2, 0) is 9.59 Å². The molecule has 1 saturated carbocycles. The van der Waals surface area contributed by atoms with Crippen molar-refractivity contribution >= 4 is 11.8 Å². The standard InChI is InChI=1S/C16H28N2O2/c1-5-7-11(3)18-13(8-6-2)14(19)17-16(4,15(18)20)12-9-10-12/h11-13H,5-10H2,1-4H3,(H,17,19). The SMILES string of the molecule is CCCC(C)N1C(=O)C(C)(C2CC2)NC(=O)C1CCC. The molecule has 3 unspecified atom stereocenters. The van der Waals surface area contributed by atoms with E-state index >= 15 is 0 Å². The molecule has 114 valence electrons. The average Bonchev–Trinajstić information content (AvgIpc) is 3.21. The van der Waals surface area contributed by atoms with E-state index < -0.39 is 5.54 Å². The van der Waals surface area contributed by atoms with E-state index in [1.54, 1.807) is 0 Å². The van der Waals surface area contributed by atoms with Crippen molar-refractivity contribution in [1.29, 1.82) is 0 Å². The van der Waals surface area contributed by atoms with Crippen LogP contribution in [0.4, 0.5) is 0 Å². The first-order chi connectivity index (χ1) is 9.45. The van der Waals surface area contributed by atoms with Crippen LogP contribution < -0.4 is 5.32 Å². The smallest absolute Gasteiger partial charge is 0.249 e. The lowest BCUT2D eigenvalue weighted by atomic mass is 9.87. The van der Waals surface area contributed by atoms with Crippen LogP contribution in [0.3, 0.4) is 0 Å². The Morgan fingerprint density at radius 1 is 1.30 bits per heavy atom. The number of piperazine rings is 1. The Balaban J connectivity index is 2.28. The number of nitrogens with one attached hydrogen (secondary N) is 1. The van der Waals surface area contributed by atoms with E-state index in [0.717, 1.165) is 38.5 Å². The quantitative estimate of drug-likeness (QED) is 0.812. The molecule has 0 spiro atoms. The molecule has 2 aliphatic rings. The molecule has 1 aliphatic heterocycles. The van der Waals surface area contributed by atoms with Gasteiger partial charge in [-0.25, -0.2) is 0 Å². The van der Waals surface area contributed by atoms with Gasteiger partial charge < -0.3 is 10.2 Å². The third-order valence-corrected chi connectivity index (χ3v) is 4.84. The van der Waals surface area contributed by atoms with Gasteiger partial charge in [-0.15, -0.1) is 0 Å². The summed E-state index contributed by atoms with van der Waals surface area (Å²) in [6.07, 6.45) is 5.77. The fourth-order valence-electron chi connectivity index (χ4n) is 3.47. The van der Waals surface area contributed by atoms with Gasteiger partial charge in [0, 0.05) is 6.04 Å². The lowest BCUT2D eigenvalue weighted by molar-refractivity contribution is -0.158. The minimum absolute atomic E-state index is 0.0452. The van der Waals surface area contributed by atoms with Crippen LogP contribution in [0.15, 0.2) is 0 Å². The lowest BCUT2D eigenvalue weighted by Gasteiger charge is -2.47. The van der Waals surface area contributed by atoms with Crippen LogP contribution in [0.2, 0.25) is 0 Å². The zero-order valence-corrected chi connectivity index (χ0v) is 13.2. The Morgan fingerprint density at radius 3 is 2.45 bits per heavy atom. The van der Waals surface area contributed by atoms with Gasteiger partial charge >= 0.3 is 0 Å². The highest BCUT2D eigenvalue weighted by Crippen LogP contribution is 2.43. The van der Waals surface area contributed by atoms with E-state index in [9.17, 15) is 9.59 Å². The van der Waals surface area contributed by atoms with Gasteiger partial charge in [0.2, 0.25) is 11.8 Å². The topological polar surface area (TPSA) is 49.4 Å². The summed E-state index contributed by atoms with van der Waals surface area (Å²) < 4.78 is 0. The highest BCUT2D eigenvalue weighted by atomic mass is 16.2. The predicted octanol–water partition coefficient (Wildman–Crippen LogP) is 2.47. The van der Waals surface area contributed by atoms with Crippen molar-refractivity contribution < 1.29 is 9.59 Å². The zero-order valence-electron chi connectivity index (χ0n) is 13.2. The lowest BCUT2D eigenvalue weighted by Crippen LogP contribution is -2.71. The molecule has 2 amide bonds. The maximum Gasteiger partial charge on any atom is 0.249 e. The summed E-state index contributed by atoms with van der Waals surface area (Å²) in [5.41, 5.74) is -0.663. The van der Waals surface area contributed by atoms with Gasteiger partial charge in [0.1, 0.15) is 11.6 Å². The molecule has 2 rings (SSSR count). The minimum Gasteiger partial charge on any atom is -0.340 e. The number of nitrogens with zero attached hydrogens (tertiary/aromatic N) is 1. The maximum atomic E-state index is 13.0. The van der Waals surface area contributed by atoms with Gasteiger partial charge in [0.05, 0.1) is 0 Å². The van der Waals surface area contributed by atoms with Crippen LogP contribution in [0.5, 0.6) is 0 Å². The summed E-state index contributed by atoms with van der Waals surface area (Å²) in [7, 11) is 0. The van der Waals surface area contributed by atoms with Crippen molar-refractivity contribution in [2.24, 2.45) is 5.92 Å². The second-order valence-corrected chi connectivity index (χ2v) is 6.62. The first-order valence-electron chi connectivity index (χ1n) is 8.10. The number of carbonyl (C=O) groups excluding carboxylic acids is 2. The molecule has 1 aliphatic carbocycles. The summed E-state index contributed by atoms with van der Waals surface area (Å²) in [5.74, 6) is 0.514. The molecule has 20 heavy (non-hydrogen) atoms. The Bertz CT molecular complexity index is 392. The molecule has 4 heteroatoms. The highest BCUT2D eigenvalue weighted by Gasteiger charge is 2.55. The molecule has 0 aromatic heterocycles. The fourth-order valence-corrected chi connectivity index (χ4v) is 3.47. The Morgan fingerprint density at radius 2 is 1.95 bits per heavy atom. The highest BCUT2D eigenvalue weighted by molar-refractivity contribution is 6.00. The molecule has 4 nitrogen and oxygen atoms in total. The van der Waals surface area contributed by atoms with Crippen molar-refractivity contribution in [3.63, 3.8) is 0 Å². The van der Waals surface area contributed by atoms with Gasteiger partial charge in [-0.1, -0.05) is 26.7 Å².